The van der Waals surface area contributed by atoms with Crippen LogP contribution < -0.4 is 36.3 Å². The van der Waals surface area contributed by atoms with Crippen LogP contribution in [0, 0.1) is 5.41 Å². The zero-order valence-electron chi connectivity index (χ0n) is 7.93. The molecule has 0 aliphatic rings. The number of rotatable bonds is 2. The van der Waals surface area contributed by atoms with E-state index >= 15 is 0 Å². The van der Waals surface area contributed by atoms with Crippen LogP contribution in [0.3, 0.4) is 0 Å². The molecule has 0 radical (unpaired) electrons. The van der Waals surface area contributed by atoms with Gasteiger partial charge in [-0.15, -0.1) is 0 Å². The van der Waals surface area contributed by atoms with Gasteiger partial charge in [-0.2, -0.15) is 0 Å². The van der Waals surface area contributed by atoms with E-state index in [4.69, 9.17) is 11.5 Å². The molecule has 0 aromatic rings. The Morgan fingerprint density at radius 2 is 1.25 bits per heavy atom. The predicted octanol–water partition coefficient (Wildman–Crippen LogP) is -5.29. The van der Waals surface area contributed by atoms with Crippen molar-refractivity contribution < 1.29 is 41.3 Å². The second-order valence-corrected chi connectivity index (χ2v) is 3.81. The van der Waals surface area contributed by atoms with E-state index in [2.05, 4.69) is 13.8 Å². The van der Waals surface area contributed by atoms with E-state index in [1.54, 1.807) is 0 Å². The molecule has 0 unspecified atom stereocenters. The van der Waals surface area contributed by atoms with Gasteiger partial charge in [0.15, 0.2) is 0 Å². The van der Waals surface area contributed by atoms with Crippen LogP contribution in [0.25, 0.3) is 0 Å². The Morgan fingerprint density at radius 3 is 1.25 bits per heavy atom. The van der Waals surface area contributed by atoms with E-state index in [9.17, 15) is 0 Å². The quantitative estimate of drug-likeness (QED) is 0.487. The molecule has 0 fully saturated rings. The second kappa shape index (κ2) is 7.40. The summed E-state index contributed by atoms with van der Waals surface area (Å²) in [6, 6.07) is 0. The minimum atomic E-state index is -0.179. The van der Waals surface area contributed by atoms with Crippen LogP contribution in [0.1, 0.15) is 27.7 Å². The zero-order valence-corrected chi connectivity index (χ0v) is 10.4. The molecule has 0 atom stereocenters. The van der Waals surface area contributed by atoms with Gasteiger partial charge in [0, 0.05) is 5.54 Å². The van der Waals surface area contributed by atoms with Gasteiger partial charge in [0.1, 0.15) is 0 Å². The topological polar surface area (TPSA) is 52.0 Å². The number of hydrogen-bond acceptors (Lipinski definition) is 2. The molecule has 0 saturated carbocycles. The Bertz CT molecular complexity index is 102. The largest absolute Gasteiger partial charge is 2.00 e. The minimum absolute atomic E-state index is 0. The molecule has 4 N–H and O–H groups in total. The normalized spacial score (nSPS) is 10.5. The van der Waals surface area contributed by atoms with Gasteiger partial charge in [-0.05, 0) is 25.8 Å². The first-order chi connectivity index (χ1) is 3.81. The van der Waals surface area contributed by atoms with Gasteiger partial charge in [0.05, 0.1) is 0 Å². The van der Waals surface area contributed by atoms with Crippen LogP contribution in [0.5, 0.6) is 0 Å². The Morgan fingerprint density at radius 1 is 1.00 bits per heavy atom. The van der Waals surface area contributed by atoms with Gasteiger partial charge < -0.3 is 36.3 Å². The molecule has 0 rings (SSSR count). The predicted molar refractivity (Wildman–Crippen MR) is 41.1 cm³/mol. The Balaban J connectivity index is -0.000000107. The van der Waals surface area contributed by atoms with E-state index in [-0.39, 0.29) is 52.3 Å². The van der Waals surface area contributed by atoms with E-state index < -0.39 is 0 Å². The third kappa shape index (κ3) is 6.50. The maximum Gasteiger partial charge on any atom is 2.00 e. The Hall–Kier alpha value is 0.994. The van der Waals surface area contributed by atoms with Crippen molar-refractivity contribution in [1.29, 1.82) is 0 Å². The number of halogens is 2. The summed E-state index contributed by atoms with van der Waals surface area (Å²) in [5.74, 6) is 0. The molecule has 0 spiro atoms. The third-order valence-corrected chi connectivity index (χ3v) is 2.25. The Kier molecular flexibility index (Phi) is 14.3. The maximum absolute atomic E-state index is 5.84. The van der Waals surface area contributed by atoms with Crippen LogP contribution in [-0.4, -0.2) is 12.1 Å². The number of hydrogen-bond donors (Lipinski definition) is 2. The van der Waals surface area contributed by atoms with Crippen molar-refractivity contribution in [1.82, 2.24) is 0 Å². The molecule has 0 aromatic carbocycles. The summed E-state index contributed by atoms with van der Waals surface area (Å²) in [5.41, 5.74) is 11.2. The molecule has 2 nitrogen and oxygen atoms in total. The second-order valence-electron chi connectivity index (χ2n) is 3.81. The van der Waals surface area contributed by atoms with Crippen LogP contribution in [0.15, 0.2) is 0 Å². The van der Waals surface area contributed by atoms with Crippen molar-refractivity contribution in [3.8, 4) is 0 Å². The van der Waals surface area contributed by atoms with Crippen molar-refractivity contribution in [3.05, 3.63) is 0 Å². The van der Waals surface area contributed by atoms with Crippen LogP contribution >= 0.6 is 0 Å². The van der Waals surface area contributed by atoms with Gasteiger partial charge in [-0.3, -0.25) is 0 Å². The molecule has 0 aliphatic carbocycles. The molecular weight excluding hydrogens is 242 g/mol. The van der Waals surface area contributed by atoms with E-state index in [0.29, 0.717) is 6.54 Å². The fourth-order valence-corrected chi connectivity index (χ4v) is 0.263. The van der Waals surface area contributed by atoms with Gasteiger partial charge in [-0.25, -0.2) is 0 Å². The first-order valence-electron chi connectivity index (χ1n) is 3.30. The summed E-state index contributed by atoms with van der Waals surface area (Å²) in [6.45, 7) is 8.79. The SMILES string of the molecule is CC(C)(N)C(C)(C)CN.[Cl-].[Cl-].[Ni+2]. The molecule has 0 bridgehead atoms. The van der Waals surface area contributed by atoms with Crippen LogP contribution in [0.4, 0.5) is 0 Å². The fourth-order valence-electron chi connectivity index (χ4n) is 0.263. The average molecular weight is 260 g/mol. The van der Waals surface area contributed by atoms with Crippen molar-refractivity contribution in [2.45, 2.75) is 33.2 Å². The third-order valence-electron chi connectivity index (χ3n) is 2.25. The van der Waals surface area contributed by atoms with Gasteiger partial charge in [-0.1, -0.05) is 13.8 Å². The molecular formula is C7H18Cl2N2Ni. The van der Waals surface area contributed by atoms with Crippen molar-refractivity contribution in [2.75, 3.05) is 6.54 Å². The summed E-state index contributed by atoms with van der Waals surface area (Å²) < 4.78 is 0. The smallest absolute Gasteiger partial charge is 1.00 e. The van der Waals surface area contributed by atoms with Gasteiger partial charge in [0.25, 0.3) is 0 Å². The van der Waals surface area contributed by atoms with Crippen molar-refractivity contribution in [2.24, 2.45) is 16.9 Å². The maximum atomic E-state index is 5.84. The molecule has 0 aliphatic heterocycles. The molecule has 0 saturated heterocycles. The van der Waals surface area contributed by atoms with Crippen molar-refractivity contribution in [3.63, 3.8) is 0 Å². The first-order valence-corrected chi connectivity index (χ1v) is 3.30. The van der Waals surface area contributed by atoms with Gasteiger partial charge in [0.2, 0.25) is 0 Å². The summed E-state index contributed by atoms with van der Waals surface area (Å²) in [5, 5.41) is 0. The zero-order chi connectivity index (χ0) is 7.71. The number of nitrogens with two attached hydrogens (primary N) is 2. The first kappa shape index (κ1) is 23.1. The minimum Gasteiger partial charge on any atom is -1.00 e. The average Bonchev–Trinajstić information content (AvgIpc) is 1.64. The standard InChI is InChI=1S/C7H18N2.2ClH.Ni/c1-6(2,5-8)7(3,4)9;;;/h5,8-9H2,1-4H3;2*1H;/q;;;+2/p-2. The van der Waals surface area contributed by atoms with Crippen LogP contribution in [-0.2, 0) is 16.5 Å². The van der Waals surface area contributed by atoms with E-state index in [1.807, 2.05) is 13.8 Å². The monoisotopic (exact) mass is 258 g/mol. The van der Waals surface area contributed by atoms with E-state index in [0.717, 1.165) is 0 Å². The summed E-state index contributed by atoms with van der Waals surface area (Å²) >= 11 is 0. The molecule has 0 amide bonds. The molecule has 12 heavy (non-hydrogen) atoms. The Labute approximate surface area is 98.0 Å². The van der Waals surface area contributed by atoms with E-state index in [1.165, 1.54) is 0 Å². The molecule has 80 valence electrons. The molecule has 0 heterocycles. The summed E-state index contributed by atoms with van der Waals surface area (Å²) in [7, 11) is 0. The molecule has 5 heteroatoms. The summed E-state index contributed by atoms with van der Waals surface area (Å²) in [6.07, 6.45) is 0. The molecule has 0 aromatic heterocycles. The van der Waals surface area contributed by atoms with Crippen molar-refractivity contribution >= 4 is 0 Å². The van der Waals surface area contributed by atoms with Crippen LogP contribution in [0.2, 0.25) is 0 Å². The van der Waals surface area contributed by atoms with Gasteiger partial charge >= 0.3 is 16.5 Å². The fraction of sp³-hybridized carbons (Fsp3) is 1.00. The summed E-state index contributed by atoms with van der Waals surface area (Å²) in [4.78, 5) is 0.